The van der Waals surface area contributed by atoms with Crippen molar-refractivity contribution in [1.82, 2.24) is 14.9 Å². The summed E-state index contributed by atoms with van der Waals surface area (Å²) in [5.74, 6) is -0.921. The zero-order valence-electron chi connectivity index (χ0n) is 18.4. The predicted octanol–water partition coefficient (Wildman–Crippen LogP) is 1.00. The number of sulfonamides is 1. The highest BCUT2D eigenvalue weighted by molar-refractivity contribution is 7.89. The molecule has 1 atom stereocenters. The van der Waals surface area contributed by atoms with Crippen molar-refractivity contribution in [1.29, 1.82) is 0 Å². The maximum atomic E-state index is 12.9. The fourth-order valence-corrected chi connectivity index (χ4v) is 4.59. The van der Waals surface area contributed by atoms with Gasteiger partial charge in [-0.1, -0.05) is 19.9 Å². The van der Waals surface area contributed by atoms with Gasteiger partial charge >= 0.3 is 0 Å². The van der Waals surface area contributed by atoms with Crippen LogP contribution in [0.1, 0.15) is 37.6 Å². The Bertz CT molecular complexity index is 837. The number of hydrogen-bond acceptors (Lipinski definition) is 6. The first-order valence-corrected chi connectivity index (χ1v) is 12.1. The number of carbonyl (C=O) groups is 2. The van der Waals surface area contributed by atoms with Crippen LogP contribution in [0.5, 0.6) is 0 Å². The molecule has 1 aliphatic rings. The Kier molecular flexibility index (Phi) is 9.89. The second-order valence-corrected chi connectivity index (χ2v) is 9.52. The molecule has 10 heteroatoms. The SMILES string of the molecule is CCOCCCNC(=O)[C@@H](NC(=O)c1cccc(S(=O)(=O)N2CCOCC2)c1)C(C)C. The van der Waals surface area contributed by atoms with E-state index in [9.17, 15) is 18.0 Å². The maximum Gasteiger partial charge on any atom is 0.251 e. The summed E-state index contributed by atoms with van der Waals surface area (Å²) >= 11 is 0. The lowest BCUT2D eigenvalue weighted by molar-refractivity contribution is -0.124. The molecule has 2 amide bonds. The van der Waals surface area contributed by atoms with Gasteiger partial charge in [-0.15, -0.1) is 0 Å². The molecule has 0 aromatic heterocycles. The molecule has 1 aromatic carbocycles. The average molecular weight is 456 g/mol. The van der Waals surface area contributed by atoms with E-state index < -0.39 is 22.0 Å². The smallest absolute Gasteiger partial charge is 0.251 e. The molecule has 1 aromatic rings. The van der Waals surface area contributed by atoms with Crippen LogP contribution < -0.4 is 10.6 Å². The summed E-state index contributed by atoms with van der Waals surface area (Å²) in [5.41, 5.74) is 0.184. The Morgan fingerprint density at radius 3 is 2.58 bits per heavy atom. The molecular weight excluding hydrogens is 422 g/mol. The van der Waals surface area contributed by atoms with Crippen LogP contribution >= 0.6 is 0 Å². The number of rotatable bonds is 11. The van der Waals surface area contributed by atoms with Crippen molar-refractivity contribution in [2.24, 2.45) is 5.92 Å². The van der Waals surface area contributed by atoms with E-state index in [1.807, 2.05) is 20.8 Å². The number of nitrogens with one attached hydrogen (secondary N) is 2. The van der Waals surface area contributed by atoms with Gasteiger partial charge in [-0.05, 0) is 37.5 Å². The van der Waals surface area contributed by atoms with Crippen molar-refractivity contribution in [3.8, 4) is 0 Å². The van der Waals surface area contributed by atoms with Crippen molar-refractivity contribution in [2.75, 3.05) is 46.1 Å². The van der Waals surface area contributed by atoms with Gasteiger partial charge < -0.3 is 20.1 Å². The highest BCUT2D eigenvalue weighted by Crippen LogP contribution is 2.18. The minimum absolute atomic E-state index is 0.0449. The van der Waals surface area contributed by atoms with E-state index in [0.29, 0.717) is 39.4 Å². The molecule has 0 spiro atoms. The van der Waals surface area contributed by atoms with Gasteiger partial charge in [-0.3, -0.25) is 9.59 Å². The molecule has 1 heterocycles. The fraction of sp³-hybridized carbons (Fsp3) is 0.619. The van der Waals surface area contributed by atoms with Crippen LogP contribution in [0.3, 0.4) is 0 Å². The van der Waals surface area contributed by atoms with Gasteiger partial charge in [-0.25, -0.2) is 8.42 Å². The molecule has 0 radical (unpaired) electrons. The Morgan fingerprint density at radius 1 is 1.23 bits per heavy atom. The van der Waals surface area contributed by atoms with Crippen molar-refractivity contribution < 1.29 is 27.5 Å². The third-order valence-electron chi connectivity index (χ3n) is 4.91. The Morgan fingerprint density at radius 2 is 1.94 bits per heavy atom. The van der Waals surface area contributed by atoms with Crippen LogP contribution in [-0.2, 0) is 24.3 Å². The van der Waals surface area contributed by atoms with Crippen LogP contribution in [0.4, 0.5) is 0 Å². The van der Waals surface area contributed by atoms with Gasteiger partial charge in [0, 0.05) is 38.4 Å². The molecular formula is C21H33N3O6S. The van der Waals surface area contributed by atoms with Crippen LogP contribution in [0.25, 0.3) is 0 Å². The molecule has 2 N–H and O–H groups in total. The van der Waals surface area contributed by atoms with Crippen molar-refractivity contribution in [3.05, 3.63) is 29.8 Å². The van der Waals surface area contributed by atoms with E-state index in [1.54, 1.807) is 0 Å². The fourth-order valence-electron chi connectivity index (χ4n) is 3.13. The van der Waals surface area contributed by atoms with Crippen LogP contribution in [0.15, 0.2) is 29.2 Å². The van der Waals surface area contributed by atoms with Gasteiger partial charge in [0.1, 0.15) is 6.04 Å². The minimum atomic E-state index is -3.72. The van der Waals surface area contributed by atoms with E-state index in [1.165, 1.54) is 28.6 Å². The van der Waals surface area contributed by atoms with E-state index >= 15 is 0 Å². The number of nitrogens with zero attached hydrogens (tertiary/aromatic N) is 1. The summed E-state index contributed by atoms with van der Waals surface area (Å²) in [7, 11) is -3.72. The third kappa shape index (κ3) is 7.27. The quantitative estimate of drug-likeness (QED) is 0.481. The van der Waals surface area contributed by atoms with Crippen molar-refractivity contribution in [3.63, 3.8) is 0 Å². The van der Waals surface area contributed by atoms with Crippen LogP contribution in [0.2, 0.25) is 0 Å². The second kappa shape index (κ2) is 12.1. The van der Waals surface area contributed by atoms with E-state index in [4.69, 9.17) is 9.47 Å². The third-order valence-corrected chi connectivity index (χ3v) is 6.80. The predicted molar refractivity (Wildman–Crippen MR) is 116 cm³/mol. The van der Waals surface area contributed by atoms with Gasteiger partial charge in [0.15, 0.2) is 0 Å². The number of amides is 2. The Labute approximate surface area is 184 Å². The molecule has 31 heavy (non-hydrogen) atoms. The Hall–Kier alpha value is -2.01. The molecule has 1 aliphatic heterocycles. The second-order valence-electron chi connectivity index (χ2n) is 7.58. The van der Waals surface area contributed by atoms with Gasteiger partial charge in [0.2, 0.25) is 15.9 Å². The Balaban J connectivity index is 2.05. The number of benzene rings is 1. The zero-order chi connectivity index (χ0) is 22.9. The molecule has 9 nitrogen and oxygen atoms in total. The molecule has 2 rings (SSSR count). The first-order chi connectivity index (χ1) is 14.8. The summed E-state index contributed by atoms with van der Waals surface area (Å²) in [4.78, 5) is 25.4. The molecule has 0 saturated carbocycles. The summed E-state index contributed by atoms with van der Waals surface area (Å²) in [5, 5.41) is 5.54. The summed E-state index contributed by atoms with van der Waals surface area (Å²) < 4.78 is 37.5. The molecule has 1 fully saturated rings. The molecule has 1 saturated heterocycles. The van der Waals surface area contributed by atoms with E-state index in [2.05, 4.69) is 10.6 Å². The topological polar surface area (TPSA) is 114 Å². The normalized spacial score (nSPS) is 16.1. The lowest BCUT2D eigenvalue weighted by Gasteiger charge is -2.26. The summed E-state index contributed by atoms with van der Waals surface area (Å²) in [6, 6.07) is 5.13. The van der Waals surface area contributed by atoms with E-state index in [0.717, 1.165) is 0 Å². The number of morpholine rings is 1. The van der Waals surface area contributed by atoms with Crippen molar-refractivity contribution >= 4 is 21.8 Å². The molecule has 0 bridgehead atoms. The lowest BCUT2D eigenvalue weighted by atomic mass is 10.0. The lowest BCUT2D eigenvalue weighted by Crippen LogP contribution is -2.50. The number of carbonyl (C=O) groups excluding carboxylic acids is 2. The van der Waals surface area contributed by atoms with Gasteiger partial charge in [0.05, 0.1) is 18.1 Å². The average Bonchev–Trinajstić information content (AvgIpc) is 2.77. The van der Waals surface area contributed by atoms with Gasteiger partial charge in [-0.2, -0.15) is 4.31 Å². The van der Waals surface area contributed by atoms with Crippen LogP contribution in [0, 0.1) is 5.92 Å². The van der Waals surface area contributed by atoms with E-state index in [-0.39, 0.29) is 35.4 Å². The largest absolute Gasteiger partial charge is 0.382 e. The molecule has 174 valence electrons. The van der Waals surface area contributed by atoms with Crippen molar-refractivity contribution in [2.45, 2.75) is 38.1 Å². The first-order valence-electron chi connectivity index (χ1n) is 10.6. The summed E-state index contributed by atoms with van der Waals surface area (Å²) in [6.07, 6.45) is 0.680. The highest BCUT2D eigenvalue weighted by Gasteiger charge is 2.28. The molecule has 0 unspecified atom stereocenters. The maximum absolute atomic E-state index is 12.9. The first kappa shape index (κ1) is 25.3. The standard InChI is InChI=1S/C21H33N3O6S/c1-4-29-12-6-9-22-21(26)19(16(2)3)23-20(25)17-7-5-8-18(15-17)31(27,28)24-10-13-30-14-11-24/h5,7-8,15-16,19H,4,6,9-14H2,1-3H3,(H,22,26)(H,23,25)/t19-/m0/s1. The summed E-state index contributed by atoms with van der Waals surface area (Å²) in [6.45, 7) is 8.45. The highest BCUT2D eigenvalue weighted by atomic mass is 32.2. The van der Waals surface area contributed by atoms with Gasteiger partial charge in [0.25, 0.3) is 5.91 Å². The zero-order valence-corrected chi connectivity index (χ0v) is 19.2. The number of ether oxygens (including phenoxy) is 2. The monoisotopic (exact) mass is 455 g/mol. The number of hydrogen-bond donors (Lipinski definition) is 2. The van der Waals surface area contributed by atoms with Crippen LogP contribution in [-0.4, -0.2) is 76.6 Å². The molecule has 0 aliphatic carbocycles. The minimum Gasteiger partial charge on any atom is -0.382 e.